The zero-order chi connectivity index (χ0) is 14.7. The Morgan fingerprint density at radius 3 is 2.90 bits per heavy atom. The van der Waals surface area contributed by atoms with Crippen LogP contribution in [0.4, 0.5) is 10.1 Å². The van der Waals surface area contributed by atoms with Crippen LogP contribution in [0.1, 0.15) is 16.8 Å². The van der Waals surface area contributed by atoms with E-state index in [4.69, 9.17) is 0 Å². The molecule has 8 heteroatoms. The van der Waals surface area contributed by atoms with Gasteiger partial charge >= 0.3 is 0 Å². The molecule has 0 saturated carbocycles. The highest BCUT2D eigenvalue weighted by molar-refractivity contribution is 6.00. The summed E-state index contributed by atoms with van der Waals surface area (Å²) in [5, 5.41) is 13.5. The maximum absolute atomic E-state index is 13.2. The van der Waals surface area contributed by atoms with E-state index in [1.807, 2.05) is 0 Å². The van der Waals surface area contributed by atoms with Crippen molar-refractivity contribution in [1.82, 2.24) is 10.2 Å². The van der Waals surface area contributed by atoms with Crippen LogP contribution in [0.25, 0.3) is 0 Å². The third-order valence-corrected chi connectivity index (χ3v) is 2.93. The highest BCUT2D eigenvalue weighted by Gasteiger charge is 2.27. The predicted molar refractivity (Wildman–Crippen MR) is 66.6 cm³/mol. The van der Waals surface area contributed by atoms with Crippen molar-refractivity contribution in [2.75, 3.05) is 19.6 Å². The van der Waals surface area contributed by atoms with Crippen molar-refractivity contribution in [2.45, 2.75) is 6.42 Å². The SMILES string of the molecule is O=C1CN(C(=O)c2cc(F)ccc2[N+](=O)[O-])CCCN1. The number of halogens is 1. The second-order valence-corrected chi connectivity index (χ2v) is 4.35. The maximum atomic E-state index is 13.2. The lowest BCUT2D eigenvalue weighted by molar-refractivity contribution is -0.385. The summed E-state index contributed by atoms with van der Waals surface area (Å²) in [5.74, 6) is -1.79. The van der Waals surface area contributed by atoms with Gasteiger partial charge in [0.25, 0.3) is 11.6 Å². The van der Waals surface area contributed by atoms with Gasteiger partial charge in [-0.15, -0.1) is 0 Å². The molecule has 1 N–H and O–H groups in total. The van der Waals surface area contributed by atoms with E-state index in [9.17, 15) is 24.1 Å². The monoisotopic (exact) mass is 281 g/mol. The van der Waals surface area contributed by atoms with Crippen molar-refractivity contribution in [3.63, 3.8) is 0 Å². The standard InChI is InChI=1S/C12H12FN3O4/c13-8-2-3-10(16(19)20)9(6-8)12(18)15-5-1-4-14-11(17)7-15/h2-3,6H,1,4-5,7H2,(H,14,17). The van der Waals surface area contributed by atoms with Crippen LogP contribution in [0, 0.1) is 15.9 Å². The fourth-order valence-electron chi connectivity index (χ4n) is 1.99. The largest absolute Gasteiger partial charge is 0.354 e. The average Bonchev–Trinajstić information content (AvgIpc) is 2.62. The van der Waals surface area contributed by atoms with Crippen LogP contribution in [-0.2, 0) is 4.79 Å². The first-order chi connectivity index (χ1) is 9.49. The van der Waals surface area contributed by atoms with Gasteiger partial charge in [0.05, 0.1) is 11.5 Å². The van der Waals surface area contributed by atoms with E-state index in [1.54, 1.807) is 0 Å². The van der Waals surface area contributed by atoms with Gasteiger partial charge in [-0.3, -0.25) is 19.7 Å². The van der Waals surface area contributed by atoms with Crippen molar-refractivity contribution < 1.29 is 18.9 Å². The van der Waals surface area contributed by atoms with Crippen LogP contribution in [0.5, 0.6) is 0 Å². The molecule has 1 aliphatic heterocycles. The number of nitrogens with zero attached hydrogens (tertiary/aromatic N) is 2. The minimum Gasteiger partial charge on any atom is -0.354 e. The molecular weight excluding hydrogens is 269 g/mol. The van der Waals surface area contributed by atoms with Crippen LogP contribution < -0.4 is 5.32 Å². The number of hydrogen-bond acceptors (Lipinski definition) is 4. The second kappa shape index (κ2) is 5.64. The Morgan fingerprint density at radius 1 is 1.45 bits per heavy atom. The summed E-state index contributed by atoms with van der Waals surface area (Å²) in [6.07, 6.45) is 0.542. The minimum atomic E-state index is -0.745. The second-order valence-electron chi connectivity index (χ2n) is 4.35. The average molecular weight is 281 g/mol. The van der Waals surface area contributed by atoms with Gasteiger partial charge in [-0.2, -0.15) is 0 Å². The van der Waals surface area contributed by atoms with Gasteiger partial charge in [-0.1, -0.05) is 0 Å². The molecule has 106 valence electrons. The number of carbonyl (C=O) groups excluding carboxylic acids is 2. The number of amides is 2. The first kappa shape index (κ1) is 13.9. The van der Waals surface area contributed by atoms with Crippen molar-refractivity contribution in [2.24, 2.45) is 0 Å². The number of benzene rings is 1. The molecule has 1 aliphatic rings. The summed E-state index contributed by atoms with van der Waals surface area (Å²) in [4.78, 5) is 35.0. The Bertz CT molecular complexity index is 576. The van der Waals surface area contributed by atoms with E-state index >= 15 is 0 Å². The maximum Gasteiger partial charge on any atom is 0.282 e. The Hall–Kier alpha value is -2.51. The highest BCUT2D eigenvalue weighted by Crippen LogP contribution is 2.21. The molecule has 1 fully saturated rings. The number of carbonyl (C=O) groups is 2. The fourth-order valence-corrected chi connectivity index (χ4v) is 1.99. The number of hydrogen-bond donors (Lipinski definition) is 1. The molecule has 2 rings (SSSR count). The van der Waals surface area contributed by atoms with Gasteiger partial charge in [-0.25, -0.2) is 4.39 Å². The van der Waals surface area contributed by atoms with E-state index in [0.717, 1.165) is 18.2 Å². The van der Waals surface area contributed by atoms with Crippen LogP contribution >= 0.6 is 0 Å². The van der Waals surface area contributed by atoms with Gasteiger partial charge in [0, 0.05) is 19.2 Å². The van der Waals surface area contributed by atoms with E-state index in [-0.39, 0.29) is 24.6 Å². The fraction of sp³-hybridized carbons (Fsp3) is 0.333. The summed E-state index contributed by atoms with van der Waals surface area (Å²) in [5.41, 5.74) is -0.814. The zero-order valence-electron chi connectivity index (χ0n) is 10.5. The molecule has 7 nitrogen and oxygen atoms in total. The van der Waals surface area contributed by atoms with Gasteiger partial charge in [0.15, 0.2) is 0 Å². The molecule has 1 aromatic carbocycles. The highest BCUT2D eigenvalue weighted by atomic mass is 19.1. The third kappa shape index (κ3) is 2.90. The number of nitro groups is 1. The lowest BCUT2D eigenvalue weighted by Crippen LogP contribution is -2.37. The lowest BCUT2D eigenvalue weighted by atomic mass is 10.1. The van der Waals surface area contributed by atoms with Crippen molar-refractivity contribution >= 4 is 17.5 Å². The van der Waals surface area contributed by atoms with Crippen LogP contribution in [0.15, 0.2) is 18.2 Å². The summed E-state index contributed by atoms with van der Waals surface area (Å²) in [6, 6.07) is 2.69. The van der Waals surface area contributed by atoms with Gasteiger partial charge in [-0.05, 0) is 18.6 Å². The van der Waals surface area contributed by atoms with Crippen molar-refractivity contribution in [3.8, 4) is 0 Å². The topological polar surface area (TPSA) is 92.5 Å². The molecule has 0 radical (unpaired) electrons. The first-order valence-electron chi connectivity index (χ1n) is 5.99. The molecule has 0 bridgehead atoms. The Labute approximate surface area is 113 Å². The number of rotatable bonds is 2. The molecule has 0 aromatic heterocycles. The molecule has 1 heterocycles. The van der Waals surface area contributed by atoms with Crippen molar-refractivity contribution in [3.05, 3.63) is 39.7 Å². The van der Waals surface area contributed by atoms with Crippen LogP contribution in [0.3, 0.4) is 0 Å². The van der Waals surface area contributed by atoms with E-state index in [1.165, 1.54) is 4.90 Å². The predicted octanol–water partition coefficient (Wildman–Crippen LogP) is 0.696. The van der Waals surface area contributed by atoms with E-state index in [0.29, 0.717) is 13.0 Å². The van der Waals surface area contributed by atoms with Crippen molar-refractivity contribution in [1.29, 1.82) is 0 Å². The smallest absolute Gasteiger partial charge is 0.282 e. The van der Waals surface area contributed by atoms with E-state index < -0.39 is 22.3 Å². The molecule has 0 aliphatic carbocycles. The van der Waals surface area contributed by atoms with Crippen LogP contribution in [-0.4, -0.2) is 41.3 Å². The van der Waals surface area contributed by atoms with Gasteiger partial charge in [0.1, 0.15) is 11.4 Å². The summed E-state index contributed by atoms with van der Waals surface area (Å²) >= 11 is 0. The molecule has 0 spiro atoms. The molecule has 0 atom stereocenters. The molecule has 1 saturated heterocycles. The molecule has 2 amide bonds. The molecule has 0 unspecified atom stereocenters. The van der Waals surface area contributed by atoms with Gasteiger partial charge in [0.2, 0.25) is 5.91 Å². The van der Waals surface area contributed by atoms with E-state index in [2.05, 4.69) is 5.32 Å². The molecule has 1 aromatic rings. The van der Waals surface area contributed by atoms with Crippen LogP contribution in [0.2, 0.25) is 0 Å². The molecule has 20 heavy (non-hydrogen) atoms. The zero-order valence-corrected chi connectivity index (χ0v) is 10.5. The van der Waals surface area contributed by atoms with Gasteiger partial charge < -0.3 is 10.2 Å². The number of nitro benzene ring substituents is 1. The lowest BCUT2D eigenvalue weighted by Gasteiger charge is -2.18. The normalized spacial score (nSPS) is 15.4. The summed E-state index contributed by atoms with van der Waals surface area (Å²) < 4.78 is 13.2. The minimum absolute atomic E-state index is 0.188. The summed E-state index contributed by atoms with van der Waals surface area (Å²) in [7, 11) is 0. The molecular formula is C12H12FN3O4. The number of nitrogens with one attached hydrogen (secondary N) is 1. The Balaban J connectivity index is 2.34. The summed E-state index contributed by atoms with van der Waals surface area (Å²) in [6.45, 7) is 0.533. The quantitative estimate of drug-likeness (QED) is 0.637. The third-order valence-electron chi connectivity index (χ3n) is 2.93. The Morgan fingerprint density at radius 2 is 2.20 bits per heavy atom. The first-order valence-corrected chi connectivity index (χ1v) is 5.99. The Kier molecular flexibility index (Phi) is 3.92.